The first kappa shape index (κ1) is 12.7. The highest BCUT2D eigenvalue weighted by atomic mass is 15.2. The number of aryl methyl sites for hydroxylation is 1. The number of nitrogens with zero attached hydrogens (tertiary/aromatic N) is 2. The van der Waals surface area contributed by atoms with E-state index in [-0.39, 0.29) is 0 Å². The van der Waals surface area contributed by atoms with Gasteiger partial charge < -0.3 is 9.88 Å². The smallest absolute Gasteiger partial charge is 0.203 e. The monoisotopic (exact) mass is 243 g/mol. The maximum atomic E-state index is 4.35. The highest BCUT2D eigenvalue weighted by Crippen LogP contribution is 2.10. The molecule has 0 fully saturated rings. The molecule has 0 radical (unpaired) electrons. The molecule has 0 aliphatic rings. The molecule has 0 spiro atoms. The first-order chi connectivity index (χ1) is 8.79. The van der Waals surface area contributed by atoms with E-state index in [9.17, 15) is 0 Å². The van der Waals surface area contributed by atoms with Crippen LogP contribution in [0, 0.1) is 6.92 Å². The minimum Gasteiger partial charge on any atom is -0.356 e. The van der Waals surface area contributed by atoms with Gasteiger partial charge in [-0.3, -0.25) is 0 Å². The number of nitrogens with one attached hydrogen (secondary N) is 1. The number of aromatic nitrogens is 2. The zero-order valence-electron chi connectivity index (χ0n) is 11.2. The molecule has 0 saturated heterocycles. The van der Waals surface area contributed by atoms with Gasteiger partial charge in [-0.25, -0.2) is 4.98 Å². The summed E-state index contributed by atoms with van der Waals surface area (Å²) in [6.45, 7) is 6.16. The van der Waals surface area contributed by atoms with E-state index in [2.05, 4.69) is 53.0 Å². The van der Waals surface area contributed by atoms with Crippen LogP contribution in [0.4, 0.5) is 5.95 Å². The molecular weight excluding hydrogens is 222 g/mol. The van der Waals surface area contributed by atoms with Gasteiger partial charge in [0.05, 0.1) is 6.54 Å². The van der Waals surface area contributed by atoms with Gasteiger partial charge in [-0.1, -0.05) is 43.2 Å². The number of anilines is 1. The van der Waals surface area contributed by atoms with Crippen molar-refractivity contribution in [3.63, 3.8) is 0 Å². The molecular formula is C15H21N3. The Kier molecular flexibility index (Phi) is 4.40. The second kappa shape index (κ2) is 6.24. The minimum atomic E-state index is 0.870. The number of hydrogen-bond acceptors (Lipinski definition) is 2. The molecule has 0 aliphatic heterocycles. The quantitative estimate of drug-likeness (QED) is 0.787. The predicted molar refractivity (Wildman–Crippen MR) is 75.9 cm³/mol. The van der Waals surface area contributed by atoms with E-state index in [0.717, 1.165) is 19.0 Å². The third kappa shape index (κ3) is 3.36. The lowest BCUT2D eigenvalue weighted by Gasteiger charge is -2.09. The summed E-state index contributed by atoms with van der Waals surface area (Å²) in [6, 6.07) is 8.64. The Morgan fingerprint density at radius 3 is 2.72 bits per heavy atom. The van der Waals surface area contributed by atoms with Gasteiger partial charge in [-0.2, -0.15) is 0 Å². The van der Waals surface area contributed by atoms with Gasteiger partial charge in [0.25, 0.3) is 0 Å². The van der Waals surface area contributed by atoms with E-state index in [1.54, 1.807) is 0 Å². The Bertz CT molecular complexity index is 471. The molecule has 0 unspecified atom stereocenters. The minimum absolute atomic E-state index is 0.870. The molecule has 0 amide bonds. The Morgan fingerprint density at radius 1 is 1.22 bits per heavy atom. The second-order valence-corrected chi connectivity index (χ2v) is 4.64. The van der Waals surface area contributed by atoms with Gasteiger partial charge in [0.2, 0.25) is 5.95 Å². The van der Waals surface area contributed by atoms with E-state index in [1.807, 2.05) is 12.4 Å². The van der Waals surface area contributed by atoms with Crippen LogP contribution < -0.4 is 5.32 Å². The standard InChI is InChI=1S/C15H21N3/c1-3-4-9-16-15-17-10-11-18(15)12-14-7-5-13(2)6-8-14/h5-8,10-11H,3-4,9,12H2,1-2H3,(H,16,17). The van der Waals surface area contributed by atoms with Crippen LogP contribution in [-0.2, 0) is 6.54 Å². The molecule has 2 aromatic rings. The molecule has 1 N–H and O–H groups in total. The molecule has 0 saturated carbocycles. The summed E-state index contributed by atoms with van der Waals surface area (Å²) in [6.07, 6.45) is 6.25. The maximum absolute atomic E-state index is 4.35. The fourth-order valence-electron chi connectivity index (χ4n) is 1.87. The first-order valence-corrected chi connectivity index (χ1v) is 6.60. The second-order valence-electron chi connectivity index (χ2n) is 4.64. The molecule has 1 aromatic heterocycles. The molecule has 3 heteroatoms. The van der Waals surface area contributed by atoms with E-state index in [0.29, 0.717) is 0 Å². The number of benzene rings is 1. The first-order valence-electron chi connectivity index (χ1n) is 6.60. The molecule has 1 heterocycles. The average molecular weight is 243 g/mol. The summed E-state index contributed by atoms with van der Waals surface area (Å²) in [5, 5.41) is 3.38. The van der Waals surface area contributed by atoms with Gasteiger partial charge in [0.15, 0.2) is 0 Å². The van der Waals surface area contributed by atoms with Crippen molar-refractivity contribution in [2.75, 3.05) is 11.9 Å². The number of hydrogen-bond donors (Lipinski definition) is 1. The third-order valence-electron chi connectivity index (χ3n) is 3.00. The highest BCUT2D eigenvalue weighted by Gasteiger charge is 2.02. The SMILES string of the molecule is CCCCNc1nccn1Cc1ccc(C)cc1. The van der Waals surface area contributed by atoms with Crippen LogP contribution in [0.5, 0.6) is 0 Å². The van der Waals surface area contributed by atoms with Crippen LogP contribution >= 0.6 is 0 Å². The van der Waals surface area contributed by atoms with Crippen molar-refractivity contribution in [1.29, 1.82) is 0 Å². The summed E-state index contributed by atoms with van der Waals surface area (Å²) in [7, 11) is 0. The fourth-order valence-corrected chi connectivity index (χ4v) is 1.87. The van der Waals surface area contributed by atoms with Gasteiger partial charge in [-0.15, -0.1) is 0 Å². The predicted octanol–water partition coefficient (Wildman–Crippen LogP) is 3.45. The number of imidazole rings is 1. The van der Waals surface area contributed by atoms with Crippen LogP contribution in [0.1, 0.15) is 30.9 Å². The zero-order chi connectivity index (χ0) is 12.8. The van der Waals surface area contributed by atoms with Crippen LogP contribution in [0.2, 0.25) is 0 Å². The maximum Gasteiger partial charge on any atom is 0.203 e. The molecule has 0 bridgehead atoms. The molecule has 3 nitrogen and oxygen atoms in total. The van der Waals surface area contributed by atoms with Crippen molar-refractivity contribution < 1.29 is 0 Å². The average Bonchev–Trinajstić information content (AvgIpc) is 2.80. The molecule has 2 rings (SSSR count). The Hall–Kier alpha value is -1.77. The van der Waals surface area contributed by atoms with E-state index < -0.39 is 0 Å². The van der Waals surface area contributed by atoms with Crippen molar-refractivity contribution in [2.24, 2.45) is 0 Å². The summed E-state index contributed by atoms with van der Waals surface area (Å²) < 4.78 is 2.15. The van der Waals surface area contributed by atoms with Gasteiger partial charge in [0, 0.05) is 18.9 Å². The van der Waals surface area contributed by atoms with Crippen molar-refractivity contribution in [1.82, 2.24) is 9.55 Å². The molecule has 96 valence electrons. The van der Waals surface area contributed by atoms with Crippen molar-refractivity contribution in [2.45, 2.75) is 33.2 Å². The van der Waals surface area contributed by atoms with E-state index in [1.165, 1.54) is 24.0 Å². The summed E-state index contributed by atoms with van der Waals surface area (Å²) in [5.74, 6) is 0.962. The normalized spacial score (nSPS) is 10.6. The van der Waals surface area contributed by atoms with Crippen molar-refractivity contribution in [3.05, 3.63) is 47.8 Å². The summed E-state index contributed by atoms with van der Waals surface area (Å²) >= 11 is 0. The van der Waals surface area contributed by atoms with E-state index >= 15 is 0 Å². The zero-order valence-corrected chi connectivity index (χ0v) is 11.2. The largest absolute Gasteiger partial charge is 0.356 e. The van der Waals surface area contributed by atoms with Crippen molar-refractivity contribution in [3.8, 4) is 0 Å². The lowest BCUT2D eigenvalue weighted by atomic mass is 10.1. The third-order valence-corrected chi connectivity index (χ3v) is 3.00. The number of rotatable bonds is 6. The van der Waals surface area contributed by atoms with Crippen LogP contribution in [0.3, 0.4) is 0 Å². The Balaban J connectivity index is 2.00. The van der Waals surface area contributed by atoms with Gasteiger partial charge in [-0.05, 0) is 18.9 Å². The van der Waals surface area contributed by atoms with Crippen LogP contribution in [0.25, 0.3) is 0 Å². The topological polar surface area (TPSA) is 29.9 Å². The van der Waals surface area contributed by atoms with Crippen LogP contribution in [-0.4, -0.2) is 16.1 Å². The number of unbranched alkanes of at least 4 members (excludes halogenated alkanes) is 1. The van der Waals surface area contributed by atoms with Gasteiger partial charge in [0.1, 0.15) is 0 Å². The summed E-state index contributed by atoms with van der Waals surface area (Å²) in [4.78, 5) is 4.35. The van der Waals surface area contributed by atoms with Crippen LogP contribution in [0.15, 0.2) is 36.7 Å². The molecule has 0 aliphatic carbocycles. The summed E-state index contributed by atoms with van der Waals surface area (Å²) in [5.41, 5.74) is 2.60. The fraction of sp³-hybridized carbons (Fsp3) is 0.400. The van der Waals surface area contributed by atoms with Crippen molar-refractivity contribution >= 4 is 5.95 Å². The Morgan fingerprint density at radius 2 is 2.00 bits per heavy atom. The molecule has 1 aromatic carbocycles. The van der Waals surface area contributed by atoms with Gasteiger partial charge >= 0.3 is 0 Å². The van der Waals surface area contributed by atoms with E-state index in [4.69, 9.17) is 0 Å². The molecule has 0 atom stereocenters. The highest BCUT2D eigenvalue weighted by molar-refractivity contribution is 5.28. The lowest BCUT2D eigenvalue weighted by molar-refractivity contribution is 0.775. The molecule has 18 heavy (non-hydrogen) atoms. The Labute approximate surface area is 109 Å². The lowest BCUT2D eigenvalue weighted by Crippen LogP contribution is -2.09.